The highest BCUT2D eigenvalue weighted by Gasteiger charge is 2.16. The summed E-state index contributed by atoms with van der Waals surface area (Å²) in [7, 11) is 0. The third-order valence-corrected chi connectivity index (χ3v) is 3.00. The summed E-state index contributed by atoms with van der Waals surface area (Å²) in [5, 5.41) is 20.2. The fourth-order valence-corrected chi connectivity index (χ4v) is 1.95. The largest absolute Gasteiger partial charge is 0.351 e. The molecule has 2 rings (SSSR count). The van der Waals surface area contributed by atoms with Gasteiger partial charge in [0.25, 0.3) is 0 Å². The molecule has 5 heteroatoms. The van der Waals surface area contributed by atoms with Gasteiger partial charge in [0.2, 0.25) is 0 Å². The van der Waals surface area contributed by atoms with Crippen LogP contribution in [0.4, 0.5) is 5.82 Å². The summed E-state index contributed by atoms with van der Waals surface area (Å²) in [6.45, 7) is 3.58. The molecule has 0 spiro atoms. The van der Waals surface area contributed by atoms with Gasteiger partial charge in [-0.3, -0.25) is 0 Å². The monoisotopic (exact) mass is 316 g/mol. The van der Waals surface area contributed by atoms with Gasteiger partial charge in [-0.1, -0.05) is 28.1 Å². The first kappa shape index (κ1) is 13.5. The van der Waals surface area contributed by atoms with Crippen LogP contribution in [0.2, 0.25) is 0 Å². The topological polar surface area (TPSA) is 61.6 Å². The van der Waals surface area contributed by atoms with E-state index in [1.54, 1.807) is 13.8 Å². The first-order chi connectivity index (χ1) is 9.00. The molecule has 1 N–H and O–H groups in total. The minimum absolute atomic E-state index is 0.588. The first-order valence-electron chi connectivity index (χ1n) is 5.79. The highest BCUT2D eigenvalue weighted by molar-refractivity contribution is 9.10. The van der Waals surface area contributed by atoms with Crippen LogP contribution in [0.15, 0.2) is 40.9 Å². The van der Waals surface area contributed by atoms with Crippen molar-refractivity contribution in [2.45, 2.75) is 19.4 Å². The van der Waals surface area contributed by atoms with E-state index in [-0.39, 0.29) is 0 Å². The molecule has 1 aromatic carbocycles. The van der Waals surface area contributed by atoms with Crippen LogP contribution in [-0.2, 0) is 0 Å². The highest BCUT2D eigenvalue weighted by Crippen LogP contribution is 2.21. The Balaban J connectivity index is 2.22. The van der Waals surface area contributed by atoms with Crippen LogP contribution in [-0.4, -0.2) is 15.7 Å². The second-order valence-corrected chi connectivity index (χ2v) is 5.59. The molecule has 19 heavy (non-hydrogen) atoms. The van der Waals surface area contributed by atoms with Gasteiger partial charge in [-0.15, -0.1) is 10.2 Å². The van der Waals surface area contributed by atoms with Crippen LogP contribution in [0.1, 0.15) is 13.8 Å². The maximum Gasteiger partial charge on any atom is 0.149 e. The van der Waals surface area contributed by atoms with Crippen molar-refractivity contribution < 1.29 is 0 Å². The van der Waals surface area contributed by atoms with Crippen LogP contribution < -0.4 is 5.32 Å². The molecule has 4 nitrogen and oxygen atoms in total. The second kappa shape index (κ2) is 5.37. The van der Waals surface area contributed by atoms with E-state index in [1.165, 1.54) is 0 Å². The standard InChI is InChI=1S/C14H13BrN4/c1-14(2,9-16)17-13-7-6-12(18-19-13)10-4-3-5-11(15)8-10/h3-8H,1-2H3,(H,17,19). The van der Waals surface area contributed by atoms with E-state index >= 15 is 0 Å². The minimum atomic E-state index is -0.661. The van der Waals surface area contributed by atoms with Crippen molar-refractivity contribution in [2.75, 3.05) is 5.32 Å². The molecule has 0 aliphatic rings. The average Bonchev–Trinajstić information content (AvgIpc) is 2.39. The number of nitriles is 1. The minimum Gasteiger partial charge on any atom is -0.351 e. The summed E-state index contributed by atoms with van der Waals surface area (Å²) >= 11 is 3.43. The van der Waals surface area contributed by atoms with Gasteiger partial charge >= 0.3 is 0 Å². The maximum absolute atomic E-state index is 8.95. The zero-order chi connectivity index (χ0) is 13.9. The number of halogens is 1. The fraction of sp³-hybridized carbons (Fsp3) is 0.214. The Labute approximate surface area is 120 Å². The molecule has 0 saturated heterocycles. The van der Waals surface area contributed by atoms with Gasteiger partial charge in [0.05, 0.1) is 11.8 Å². The Hall–Kier alpha value is -1.93. The zero-order valence-electron chi connectivity index (χ0n) is 10.7. The van der Waals surface area contributed by atoms with Crippen LogP contribution in [0.5, 0.6) is 0 Å². The first-order valence-corrected chi connectivity index (χ1v) is 6.58. The summed E-state index contributed by atoms with van der Waals surface area (Å²) in [6, 6.07) is 13.7. The van der Waals surface area contributed by atoms with E-state index < -0.39 is 5.54 Å². The predicted molar refractivity (Wildman–Crippen MR) is 78.5 cm³/mol. The molecule has 0 bridgehead atoms. The number of aromatic nitrogens is 2. The summed E-state index contributed by atoms with van der Waals surface area (Å²) < 4.78 is 1.000. The molecular formula is C14H13BrN4. The lowest BCUT2D eigenvalue weighted by atomic mass is 10.1. The highest BCUT2D eigenvalue weighted by atomic mass is 79.9. The van der Waals surface area contributed by atoms with Crippen molar-refractivity contribution in [2.24, 2.45) is 0 Å². The van der Waals surface area contributed by atoms with Gasteiger partial charge < -0.3 is 5.32 Å². The lowest BCUT2D eigenvalue weighted by molar-refractivity contribution is 0.719. The molecule has 96 valence electrons. The van der Waals surface area contributed by atoms with Gasteiger partial charge in [-0.05, 0) is 38.1 Å². The molecule has 2 aromatic rings. The smallest absolute Gasteiger partial charge is 0.149 e. The van der Waals surface area contributed by atoms with Crippen LogP contribution in [0.25, 0.3) is 11.3 Å². The lowest BCUT2D eigenvalue weighted by Crippen LogP contribution is -2.29. The van der Waals surface area contributed by atoms with E-state index in [4.69, 9.17) is 5.26 Å². The van der Waals surface area contributed by atoms with E-state index in [0.29, 0.717) is 5.82 Å². The van der Waals surface area contributed by atoms with Gasteiger partial charge in [-0.2, -0.15) is 5.26 Å². The van der Waals surface area contributed by atoms with E-state index in [2.05, 4.69) is 37.5 Å². The van der Waals surface area contributed by atoms with Crippen LogP contribution in [0, 0.1) is 11.3 Å². The molecule has 0 aliphatic heterocycles. The van der Waals surface area contributed by atoms with Gasteiger partial charge in [0, 0.05) is 10.0 Å². The summed E-state index contributed by atoms with van der Waals surface area (Å²) in [6.07, 6.45) is 0. The molecule has 0 atom stereocenters. The van der Waals surface area contributed by atoms with Gasteiger partial charge in [0.1, 0.15) is 11.4 Å². The summed E-state index contributed by atoms with van der Waals surface area (Å²) in [5.41, 5.74) is 1.13. The number of anilines is 1. The molecule has 0 aliphatic carbocycles. The molecule has 0 radical (unpaired) electrons. The number of rotatable bonds is 3. The van der Waals surface area contributed by atoms with E-state index in [1.807, 2.05) is 36.4 Å². The third-order valence-electron chi connectivity index (χ3n) is 2.51. The van der Waals surface area contributed by atoms with Gasteiger partial charge in [0.15, 0.2) is 0 Å². The Morgan fingerprint density at radius 2 is 2.00 bits per heavy atom. The van der Waals surface area contributed by atoms with Crippen molar-refractivity contribution in [3.05, 3.63) is 40.9 Å². The molecule has 1 aromatic heterocycles. The molecule has 0 unspecified atom stereocenters. The lowest BCUT2D eigenvalue weighted by Gasteiger charge is -2.17. The maximum atomic E-state index is 8.95. The van der Waals surface area contributed by atoms with Crippen LogP contribution in [0.3, 0.4) is 0 Å². The number of nitrogens with zero attached hydrogens (tertiary/aromatic N) is 3. The Bertz CT molecular complexity index is 614. The summed E-state index contributed by atoms with van der Waals surface area (Å²) in [5.74, 6) is 0.588. The van der Waals surface area contributed by atoms with E-state index in [0.717, 1.165) is 15.7 Å². The van der Waals surface area contributed by atoms with Crippen molar-refractivity contribution in [3.63, 3.8) is 0 Å². The molecule has 0 amide bonds. The third kappa shape index (κ3) is 3.52. The normalized spacial score (nSPS) is 10.8. The van der Waals surface area contributed by atoms with Crippen molar-refractivity contribution in [1.82, 2.24) is 10.2 Å². The fourth-order valence-electron chi connectivity index (χ4n) is 1.55. The SMILES string of the molecule is CC(C)(C#N)Nc1ccc(-c2cccc(Br)c2)nn1. The van der Waals surface area contributed by atoms with E-state index in [9.17, 15) is 0 Å². The van der Waals surface area contributed by atoms with Crippen molar-refractivity contribution in [1.29, 1.82) is 5.26 Å². The van der Waals surface area contributed by atoms with Crippen molar-refractivity contribution in [3.8, 4) is 17.3 Å². The molecule has 0 fully saturated rings. The number of hydrogen-bond acceptors (Lipinski definition) is 4. The predicted octanol–water partition coefficient (Wildman–Crippen LogP) is 3.62. The van der Waals surface area contributed by atoms with Crippen molar-refractivity contribution >= 4 is 21.7 Å². The quantitative estimate of drug-likeness (QED) is 0.939. The average molecular weight is 317 g/mol. The number of nitrogens with one attached hydrogen (secondary N) is 1. The number of hydrogen-bond donors (Lipinski definition) is 1. The molecule has 1 heterocycles. The Kier molecular flexibility index (Phi) is 3.82. The Morgan fingerprint density at radius 1 is 1.21 bits per heavy atom. The second-order valence-electron chi connectivity index (χ2n) is 4.68. The van der Waals surface area contributed by atoms with Crippen LogP contribution >= 0.6 is 15.9 Å². The summed E-state index contributed by atoms with van der Waals surface area (Å²) in [4.78, 5) is 0. The Morgan fingerprint density at radius 3 is 2.58 bits per heavy atom. The van der Waals surface area contributed by atoms with Gasteiger partial charge in [-0.25, -0.2) is 0 Å². The zero-order valence-corrected chi connectivity index (χ0v) is 12.3. The number of benzene rings is 1. The molecule has 0 saturated carbocycles. The molecular weight excluding hydrogens is 304 g/mol.